The van der Waals surface area contributed by atoms with Crippen LogP contribution in [0.25, 0.3) is 10.9 Å². The second-order valence-corrected chi connectivity index (χ2v) is 3.20. The molecule has 5 heteroatoms. The van der Waals surface area contributed by atoms with Crippen molar-refractivity contribution in [1.82, 2.24) is 4.98 Å². The van der Waals surface area contributed by atoms with E-state index in [9.17, 15) is 9.59 Å². The molecule has 0 aliphatic heterocycles. The molecule has 0 aliphatic rings. The average Bonchev–Trinajstić information content (AvgIpc) is 2.70. The SMILES string of the molecule is NC(=O)c1cc2c(OC[C]=O)cccc2[nH]1. The summed E-state index contributed by atoms with van der Waals surface area (Å²) < 4.78 is 5.17. The van der Waals surface area contributed by atoms with Crippen LogP contribution >= 0.6 is 0 Å². The Kier molecular flexibility index (Phi) is 2.59. The highest BCUT2D eigenvalue weighted by molar-refractivity contribution is 5.98. The van der Waals surface area contributed by atoms with E-state index in [0.29, 0.717) is 16.8 Å². The molecule has 0 saturated heterocycles. The Morgan fingerprint density at radius 2 is 2.31 bits per heavy atom. The maximum Gasteiger partial charge on any atom is 0.265 e. The van der Waals surface area contributed by atoms with Gasteiger partial charge in [-0.25, -0.2) is 0 Å². The van der Waals surface area contributed by atoms with Crippen LogP contribution in [-0.2, 0) is 4.79 Å². The third-order valence-corrected chi connectivity index (χ3v) is 2.18. The van der Waals surface area contributed by atoms with Crippen LogP contribution in [0.1, 0.15) is 10.5 Å². The van der Waals surface area contributed by atoms with Crippen molar-refractivity contribution < 1.29 is 14.3 Å². The lowest BCUT2D eigenvalue weighted by Gasteiger charge is -2.02. The van der Waals surface area contributed by atoms with E-state index in [1.807, 2.05) is 0 Å². The number of ether oxygens (including phenoxy) is 1. The molecule has 0 fully saturated rings. The van der Waals surface area contributed by atoms with Crippen molar-refractivity contribution in [2.24, 2.45) is 5.73 Å². The summed E-state index contributed by atoms with van der Waals surface area (Å²) >= 11 is 0. The van der Waals surface area contributed by atoms with Crippen molar-refractivity contribution >= 4 is 23.1 Å². The molecule has 1 aromatic carbocycles. The normalized spacial score (nSPS) is 10.2. The Hall–Kier alpha value is -2.30. The van der Waals surface area contributed by atoms with Crippen molar-refractivity contribution in [3.05, 3.63) is 30.0 Å². The lowest BCUT2D eigenvalue weighted by molar-refractivity contribution is 0.0996. The molecule has 1 aromatic heterocycles. The number of nitrogens with two attached hydrogens (primary N) is 1. The van der Waals surface area contributed by atoms with Gasteiger partial charge in [0.05, 0.1) is 0 Å². The van der Waals surface area contributed by atoms with Gasteiger partial charge >= 0.3 is 0 Å². The zero-order valence-electron chi connectivity index (χ0n) is 8.32. The van der Waals surface area contributed by atoms with Crippen LogP contribution in [0.2, 0.25) is 0 Å². The third-order valence-electron chi connectivity index (χ3n) is 2.18. The molecule has 2 rings (SSSR count). The number of aromatic nitrogens is 1. The van der Waals surface area contributed by atoms with Crippen LogP contribution in [0.15, 0.2) is 24.3 Å². The Balaban J connectivity index is 2.49. The molecule has 0 unspecified atom stereocenters. The average molecular weight is 217 g/mol. The minimum absolute atomic E-state index is 0.143. The number of aromatic amines is 1. The summed E-state index contributed by atoms with van der Waals surface area (Å²) in [5.74, 6) is -0.0197. The second-order valence-electron chi connectivity index (χ2n) is 3.20. The molecule has 0 saturated carbocycles. The summed E-state index contributed by atoms with van der Waals surface area (Å²) in [4.78, 5) is 23.9. The number of benzene rings is 1. The predicted molar refractivity (Wildman–Crippen MR) is 58.0 cm³/mol. The van der Waals surface area contributed by atoms with Crippen molar-refractivity contribution in [3.8, 4) is 5.75 Å². The van der Waals surface area contributed by atoms with Crippen molar-refractivity contribution in [2.45, 2.75) is 0 Å². The second kappa shape index (κ2) is 4.06. The van der Waals surface area contributed by atoms with E-state index in [1.54, 1.807) is 30.6 Å². The number of carbonyl (C=O) groups is 1. The Morgan fingerprint density at radius 3 is 3.00 bits per heavy atom. The van der Waals surface area contributed by atoms with Gasteiger partial charge in [0.2, 0.25) is 6.29 Å². The van der Waals surface area contributed by atoms with Gasteiger partial charge in [-0.2, -0.15) is 0 Å². The molecule has 5 nitrogen and oxygen atoms in total. The van der Waals surface area contributed by atoms with Gasteiger partial charge in [0.25, 0.3) is 5.91 Å². The van der Waals surface area contributed by atoms with E-state index in [0.717, 1.165) is 5.52 Å². The number of fused-ring (bicyclic) bond motifs is 1. The molecule has 0 atom stereocenters. The first-order chi connectivity index (χ1) is 7.72. The first kappa shape index (κ1) is 10.2. The summed E-state index contributed by atoms with van der Waals surface area (Å²) in [7, 11) is 0. The Morgan fingerprint density at radius 1 is 1.50 bits per heavy atom. The third kappa shape index (κ3) is 1.75. The molecule has 1 amide bonds. The topological polar surface area (TPSA) is 85.2 Å². The lowest BCUT2D eigenvalue weighted by atomic mass is 10.2. The zero-order chi connectivity index (χ0) is 11.5. The fraction of sp³-hybridized carbons (Fsp3) is 0.0909. The summed E-state index contributed by atoms with van der Waals surface area (Å²) in [6.07, 6.45) is 1.64. The highest BCUT2D eigenvalue weighted by atomic mass is 16.5. The molecular formula is C11H9N2O3. The number of amides is 1. The number of carbonyl (C=O) groups excluding carboxylic acids is 2. The van der Waals surface area contributed by atoms with E-state index >= 15 is 0 Å². The van der Waals surface area contributed by atoms with Gasteiger partial charge < -0.3 is 15.5 Å². The number of nitrogens with one attached hydrogen (secondary N) is 1. The van der Waals surface area contributed by atoms with Gasteiger partial charge in [-0.1, -0.05) is 6.07 Å². The van der Waals surface area contributed by atoms with Gasteiger partial charge in [-0.3, -0.25) is 9.59 Å². The van der Waals surface area contributed by atoms with Crippen LogP contribution in [0.3, 0.4) is 0 Å². The standard InChI is InChI=1S/C11H9N2O3/c12-11(15)9-6-7-8(13-9)2-1-3-10(7)16-5-4-14/h1-3,6,13H,5H2,(H2,12,15). The minimum atomic E-state index is -0.538. The van der Waals surface area contributed by atoms with Crippen LogP contribution in [0.5, 0.6) is 5.75 Å². The number of primary amides is 1. The zero-order valence-corrected chi connectivity index (χ0v) is 8.32. The molecule has 1 radical (unpaired) electrons. The quantitative estimate of drug-likeness (QED) is 0.792. The van der Waals surface area contributed by atoms with Gasteiger partial charge in [0.15, 0.2) is 6.61 Å². The molecule has 81 valence electrons. The van der Waals surface area contributed by atoms with E-state index in [-0.39, 0.29) is 6.61 Å². The molecule has 1 heterocycles. The number of hydrogen-bond acceptors (Lipinski definition) is 3. The molecule has 2 aromatic rings. The maximum absolute atomic E-state index is 11.0. The van der Waals surface area contributed by atoms with E-state index < -0.39 is 5.91 Å². The van der Waals surface area contributed by atoms with E-state index in [2.05, 4.69) is 4.98 Å². The lowest BCUT2D eigenvalue weighted by Crippen LogP contribution is -2.10. The van der Waals surface area contributed by atoms with Crippen LogP contribution in [-0.4, -0.2) is 23.8 Å². The van der Waals surface area contributed by atoms with Crippen molar-refractivity contribution in [3.63, 3.8) is 0 Å². The predicted octanol–water partition coefficient (Wildman–Crippen LogP) is 0.755. The summed E-state index contributed by atoms with van der Waals surface area (Å²) in [6, 6.07) is 6.85. The fourth-order valence-corrected chi connectivity index (χ4v) is 1.49. The first-order valence-electron chi connectivity index (χ1n) is 4.61. The number of rotatable bonds is 4. The number of hydrogen-bond donors (Lipinski definition) is 2. The molecule has 0 spiro atoms. The van der Waals surface area contributed by atoms with Crippen molar-refractivity contribution in [2.75, 3.05) is 6.61 Å². The molecule has 3 N–H and O–H groups in total. The van der Waals surface area contributed by atoms with Gasteiger partial charge in [0, 0.05) is 10.9 Å². The molecule has 16 heavy (non-hydrogen) atoms. The fourth-order valence-electron chi connectivity index (χ4n) is 1.49. The smallest absolute Gasteiger partial charge is 0.265 e. The minimum Gasteiger partial charge on any atom is -0.485 e. The summed E-state index contributed by atoms with van der Waals surface area (Å²) in [6.45, 7) is -0.143. The largest absolute Gasteiger partial charge is 0.485 e. The summed E-state index contributed by atoms with van der Waals surface area (Å²) in [5.41, 5.74) is 6.19. The van der Waals surface area contributed by atoms with Gasteiger partial charge in [-0.05, 0) is 18.2 Å². The number of H-pyrrole nitrogens is 1. The van der Waals surface area contributed by atoms with Crippen molar-refractivity contribution in [1.29, 1.82) is 0 Å². The van der Waals surface area contributed by atoms with Gasteiger partial charge in [-0.15, -0.1) is 0 Å². The van der Waals surface area contributed by atoms with E-state index in [1.165, 1.54) is 0 Å². The molecule has 0 aliphatic carbocycles. The maximum atomic E-state index is 11.0. The van der Waals surface area contributed by atoms with Crippen LogP contribution < -0.4 is 10.5 Å². The highest BCUT2D eigenvalue weighted by Gasteiger charge is 2.09. The molecule has 0 bridgehead atoms. The van der Waals surface area contributed by atoms with E-state index in [4.69, 9.17) is 10.5 Å². The monoisotopic (exact) mass is 217 g/mol. The van der Waals surface area contributed by atoms with Crippen LogP contribution in [0.4, 0.5) is 0 Å². The van der Waals surface area contributed by atoms with Crippen LogP contribution in [0, 0.1) is 0 Å². The van der Waals surface area contributed by atoms with Gasteiger partial charge in [0.1, 0.15) is 11.4 Å². The summed E-state index contributed by atoms with van der Waals surface area (Å²) in [5, 5.41) is 0.714. The highest BCUT2D eigenvalue weighted by Crippen LogP contribution is 2.26. The Bertz CT molecular complexity index is 545. The Labute approximate surface area is 91.2 Å². The first-order valence-corrected chi connectivity index (χ1v) is 4.61. The molecular weight excluding hydrogens is 208 g/mol.